The first-order valence-corrected chi connectivity index (χ1v) is 6.42. The van der Waals surface area contributed by atoms with Crippen molar-refractivity contribution in [1.82, 2.24) is 19.6 Å². The van der Waals surface area contributed by atoms with Crippen LogP contribution in [0.2, 0.25) is 0 Å². The van der Waals surface area contributed by atoms with Crippen LogP contribution < -0.4 is 5.73 Å². The number of nitrogens with two attached hydrogens (primary N) is 1. The molecule has 0 aromatic carbocycles. The number of hydrogen-bond acceptors (Lipinski definition) is 5. The topological polar surface area (TPSA) is 93.7 Å². The monoisotopic (exact) mass is 281 g/mol. The van der Waals surface area contributed by atoms with Gasteiger partial charge in [0, 0.05) is 39.5 Å². The van der Waals surface area contributed by atoms with Crippen LogP contribution in [0.15, 0.2) is 12.4 Å². The molecule has 20 heavy (non-hydrogen) atoms. The van der Waals surface area contributed by atoms with E-state index in [0.717, 1.165) is 0 Å². The maximum absolute atomic E-state index is 12.1. The molecule has 0 aliphatic carbocycles. The van der Waals surface area contributed by atoms with Crippen LogP contribution >= 0.6 is 0 Å². The zero-order chi connectivity index (χ0) is 14.5. The second-order valence-corrected chi connectivity index (χ2v) is 4.67. The van der Waals surface area contributed by atoms with Crippen molar-refractivity contribution in [3.05, 3.63) is 12.4 Å². The fraction of sp³-hybridized carbons (Fsp3) is 0.583. The average Bonchev–Trinajstić information content (AvgIpc) is 2.84. The summed E-state index contributed by atoms with van der Waals surface area (Å²) >= 11 is 0. The van der Waals surface area contributed by atoms with Crippen molar-refractivity contribution in [1.29, 1.82) is 0 Å². The Morgan fingerprint density at radius 1 is 1.25 bits per heavy atom. The second kappa shape index (κ2) is 6.38. The molecule has 2 amide bonds. The molecule has 8 heteroatoms. The van der Waals surface area contributed by atoms with Gasteiger partial charge in [0.25, 0.3) is 0 Å². The number of nitrogens with zero attached hydrogens (tertiary/aromatic N) is 4. The molecule has 0 radical (unpaired) electrons. The minimum Gasteiger partial charge on any atom is -0.396 e. The SMILES string of the molecule is COCC(=O)N1CCN(C(=O)Cn2cc(N)cn2)CC1. The molecule has 2 heterocycles. The van der Waals surface area contributed by atoms with Crippen LogP contribution in [0.1, 0.15) is 0 Å². The van der Waals surface area contributed by atoms with Gasteiger partial charge in [0.05, 0.1) is 11.9 Å². The van der Waals surface area contributed by atoms with Gasteiger partial charge in [0.2, 0.25) is 11.8 Å². The molecule has 2 N–H and O–H groups in total. The quantitative estimate of drug-likeness (QED) is 0.747. The van der Waals surface area contributed by atoms with Crippen molar-refractivity contribution in [2.24, 2.45) is 0 Å². The molecule has 2 rings (SSSR count). The number of methoxy groups -OCH3 is 1. The Kier molecular flexibility index (Phi) is 4.57. The fourth-order valence-electron chi connectivity index (χ4n) is 2.12. The largest absolute Gasteiger partial charge is 0.396 e. The van der Waals surface area contributed by atoms with E-state index in [4.69, 9.17) is 10.5 Å². The molecule has 0 saturated carbocycles. The van der Waals surface area contributed by atoms with Crippen LogP contribution in [0.25, 0.3) is 0 Å². The van der Waals surface area contributed by atoms with Crippen molar-refractivity contribution in [2.45, 2.75) is 6.54 Å². The van der Waals surface area contributed by atoms with E-state index in [0.29, 0.717) is 31.9 Å². The van der Waals surface area contributed by atoms with Crippen LogP contribution in [0.4, 0.5) is 5.69 Å². The van der Waals surface area contributed by atoms with E-state index < -0.39 is 0 Å². The van der Waals surface area contributed by atoms with Gasteiger partial charge in [-0.1, -0.05) is 0 Å². The molecule has 0 bridgehead atoms. The summed E-state index contributed by atoms with van der Waals surface area (Å²) in [7, 11) is 1.49. The van der Waals surface area contributed by atoms with Gasteiger partial charge in [-0.15, -0.1) is 0 Å². The van der Waals surface area contributed by atoms with Crippen LogP contribution in [-0.4, -0.2) is 71.3 Å². The average molecular weight is 281 g/mol. The van der Waals surface area contributed by atoms with E-state index in [9.17, 15) is 9.59 Å². The Balaban J connectivity index is 1.81. The molecule has 0 atom stereocenters. The predicted molar refractivity (Wildman–Crippen MR) is 71.7 cm³/mol. The minimum atomic E-state index is -0.0422. The van der Waals surface area contributed by atoms with Gasteiger partial charge in [-0.3, -0.25) is 14.3 Å². The van der Waals surface area contributed by atoms with Crippen LogP contribution in [0.3, 0.4) is 0 Å². The van der Waals surface area contributed by atoms with E-state index in [1.807, 2.05) is 0 Å². The standard InChI is InChI=1S/C12H19N5O3/c1-20-9-12(19)16-4-2-15(3-5-16)11(18)8-17-7-10(13)6-14-17/h6-7H,2-5,8-9,13H2,1H3. The van der Waals surface area contributed by atoms with E-state index in [1.165, 1.54) is 18.0 Å². The summed E-state index contributed by atoms with van der Waals surface area (Å²) in [5.74, 6) is -0.0635. The first-order chi connectivity index (χ1) is 9.60. The summed E-state index contributed by atoms with van der Waals surface area (Å²) < 4.78 is 6.33. The maximum atomic E-state index is 12.1. The highest BCUT2D eigenvalue weighted by Crippen LogP contribution is 2.05. The van der Waals surface area contributed by atoms with Crippen molar-refractivity contribution < 1.29 is 14.3 Å². The highest BCUT2D eigenvalue weighted by molar-refractivity contribution is 5.79. The zero-order valence-corrected chi connectivity index (χ0v) is 11.5. The number of rotatable bonds is 4. The first-order valence-electron chi connectivity index (χ1n) is 6.42. The summed E-state index contributed by atoms with van der Waals surface area (Å²) in [6.07, 6.45) is 3.13. The van der Waals surface area contributed by atoms with Crippen LogP contribution in [-0.2, 0) is 20.9 Å². The number of hydrogen-bond donors (Lipinski definition) is 1. The normalized spacial score (nSPS) is 15.4. The van der Waals surface area contributed by atoms with Crippen molar-refractivity contribution >= 4 is 17.5 Å². The summed E-state index contributed by atoms with van der Waals surface area (Å²) in [4.78, 5) is 27.2. The second-order valence-electron chi connectivity index (χ2n) is 4.67. The van der Waals surface area contributed by atoms with Crippen LogP contribution in [0, 0.1) is 0 Å². The molecule has 110 valence electrons. The van der Waals surface area contributed by atoms with Gasteiger partial charge in [0.1, 0.15) is 13.2 Å². The third-order valence-electron chi connectivity index (χ3n) is 3.20. The van der Waals surface area contributed by atoms with Gasteiger partial charge in [0.15, 0.2) is 0 Å². The van der Waals surface area contributed by atoms with E-state index in [2.05, 4.69) is 5.10 Å². The number of aromatic nitrogens is 2. The van der Waals surface area contributed by atoms with Gasteiger partial charge in [-0.2, -0.15) is 5.10 Å². The molecule has 1 aromatic rings. The Hall–Kier alpha value is -2.09. The number of anilines is 1. The Morgan fingerprint density at radius 3 is 2.35 bits per heavy atom. The lowest BCUT2D eigenvalue weighted by atomic mass is 10.3. The number of amides is 2. The van der Waals surface area contributed by atoms with Gasteiger partial charge in [-0.05, 0) is 0 Å². The van der Waals surface area contributed by atoms with Crippen molar-refractivity contribution in [3.8, 4) is 0 Å². The summed E-state index contributed by atoms with van der Waals surface area (Å²) in [6, 6.07) is 0. The number of carbonyl (C=O) groups excluding carboxylic acids is 2. The highest BCUT2D eigenvalue weighted by Gasteiger charge is 2.24. The third-order valence-corrected chi connectivity index (χ3v) is 3.20. The summed E-state index contributed by atoms with van der Waals surface area (Å²) in [5, 5.41) is 3.98. The highest BCUT2D eigenvalue weighted by atomic mass is 16.5. The Bertz CT molecular complexity index is 479. The lowest BCUT2D eigenvalue weighted by Gasteiger charge is -2.34. The lowest BCUT2D eigenvalue weighted by molar-refractivity contribution is -0.142. The third kappa shape index (κ3) is 3.47. The molecular weight excluding hydrogens is 262 g/mol. The Morgan fingerprint density at radius 2 is 1.85 bits per heavy atom. The van der Waals surface area contributed by atoms with E-state index in [1.54, 1.807) is 16.0 Å². The molecule has 8 nitrogen and oxygen atoms in total. The zero-order valence-electron chi connectivity index (χ0n) is 11.5. The predicted octanol–water partition coefficient (Wildman–Crippen LogP) is -1.22. The number of ether oxygens (including phenoxy) is 1. The number of nitrogen functional groups attached to an aromatic ring is 1. The first kappa shape index (κ1) is 14.3. The molecular formula is C12H19N5O3. The summed E-state index contributed by atoms with van der Waals surface area (Å²) in [5.41, 5.74) is 6.08. The molecule has 0 unspecified atom stereocenters. The lowest BCUT2D eigenvalue weighted by Crippen LogP contribution is -2.52. The van der Waals surface area contributed by atoms with Gasteiger partial charge in [-0.25, -0.2) is 0 Å². The van der Waals surface area contributed by atoms with E-state index in [-0.39, 0.29) is 25.0 Å². The van der Waals surface area contributed by atoms with Crippen molar-refractivity contribution in [3.63, 3.8) is 0 Å². The minimum absolute atomic E-state index is 0.0214. The number of piperazine rings is 1. The maximum Gasteiger partial charge on any atom is 0.248 e. The van der Waals surface area contributed by atoms with Gasteiger partial charge >= 0.3 is 0 Å². The molecule has 1 fully saturated rings. The Labute approximate surface area is 117 Å². The van der Waals surface area contributed by atoms with Crippen molar-refractivity contribution in [2.75, 3.05) is 45.6 Å². The van der Waals surface area contributed by atoms with E-state index >= 15 is 0 Å². The van der Waals surface area contributed by atoms with Gasteiger partial charge < -0.3 is 20.3 Å². The molecule has 1 saturated heterocycles. The molecule has 1 aromatic heterocycles. The van der Waals surface area contributed by atoms with Crippen LogP contribution in [0.5, 0.6) is 0 Å². The molecule has 1 aliphatic heterocycles. The fourth-order valence-corrected chi connectivity index (χ4v) is 2.12. The molecule has 0 spiro atoms. The molecule has 1 aliphatic rings. The smallest absolute Gasteiger partial charge is 0.248 e. The number of carbonyl (C=O) groups is 2. The summed E-state index contributed by atoms with van der Waals surface area (Å²) in [6.45, 7) is 2.39.